The van der Waals surface area contributed by atoms with E-state index < -0.39 is 10.1 Å². The zero-order valence-electron chi connectivity index (χ0n) is 15.9. The molecule has 7 heteroatoms. The zero-order chi connectivity index (χ0) is 21.3. The first-order chi connectivity index (χ1) is 13.8. The molecule has 1 N–H and O–H groups in total. The molecule has 0 saturated carbocycles. The molecule has 0 aromatic heterocycles. The molecule has 0 aliphatic carbocycles. The third-order valence-electron chi connectivity index (χ3n) is 4.14. The Kier molecular flexibility index (Phi) is 8.06. The summed E-state index contributed by atoms with van der Waals surface area (Å²) in [6, 6.07) is 20.9. The number of fused-ring (bicyclic) bond motifs is 1. The van der Waals surface area contributed by atoms with Crippen LogP contribution in [0.5, 0.6) is 0 Å². The van der Waals surface area contributed by atoms with Crippen molar-refractivity contribution in [3.8, 4) is 0 Å². The number of hydrogen-bond donors (Lipinski definition) is 1. The molecular formula is C22H22O6S. The normalized spacial score (nSPS) is 10.7. The van der Waals surface area contributed by atoms with Gasteiger partial charge in [-0.05, 0) is 29.3 Å². The monoisotopic (exact) mass is 414 g/mol. The molecule has 0 unspecified atom stereocenters. The quantitative estimate of drug-likeness (QED) is 0.367. The number of Topliss-reactive ketones (excluding diaryl/α,β-unsaturated/α-hetero) is 1. The topological polar surface area (TPSA) is 97.7 Å². The zero-order valence-corrected chi connectivity index (χ0v) is 16.8. The van der Waals surface area contributed by atoms with E-state index >= 15 is 0 Å². The molecule has 3 aromatic carbocycles. The molecule has 0 bridgehead atoms. The molecule has 3 aromatic rings. The molecule has 0 spiro atoms. The van der Waals surface area contributed by atoms with Gasteiger partial charge in [0.15, 0.2) is 5.78 Å². The van der Waals surface area contributed by atoms with E-state index in [1.165, 1.54) is 19.2 Å². The van der Waals surface area contributed by atoms with Gasteiger partial charge in [-0.15, -0.1) is 0 Å². The molecule has 29 heavy (non-hydrogen) atoms. The van der Waals surface area contributed by atoms with Crippen LogP contribution in [0.2, 0.25) is 0 Å². The van der Waals surface area contributed by atoms with Gasteiger partial charge in [0.1, 0.15) is 0 Å². The molecule has 0 aliphatic rings. The fraction of sp³-hybridized carbons (Fsp3) is 0.182. The average Bonchev–Trinajstić information content (AvgIpc) is 2.73. The Balaban J connectivity index is 0.000000253. The summed E-state index contributed by atoms with van der Waals surface area (Å²) in [5.74, 6) is -0.202. The highest BCUT2D eigenvalue weighted by molar-refractivity contribution is 7.85. The number of carbonyl (C=O) groups is 2. The molecule has 6 nitrogen and oxygen atoms in total. The van der Waals surface area contributed by atoms with Crippen molar-refractivity contribution < 1.29 is 27.3 Å². The second kappa shape index (κ2) is 10.5. The fourth-order valence-corrected chi connectivity index (χ4v) is 3.19. The van der Waals surface area contributed by atoms with Gasteiger partial charge in [-0.1, -0.05) is 60.7 Å². The van der Waals surface area contributed by atoms with Crippen LogP contribution in [0.4, 0.5) is 0 Å². The number of ether oxygens (including phenoxy) is 1. The number of methoxy groups -OCH3 is 1. The summed E-state index contributed by atoms with van der Waals surface area (Å²) in [6.07, 6.45) is 1.17. The van der Waals surface area contributed by atoms with Crippen LogP contribution in [0.25, 0.3) is 10.8 Å². The molecule has 3 rings (SSSR count). The minimum Gasteiger partial charge on any atom is -0.469 e. The SMILES string of the molecule is COC(=O)CCCC(=O)c1cccc2ccccc12.O=S(=O)(O)c1ccccc1. The molecule has 0 amide bonds. The van der Waals surface area contributed by atoms with Gasteiger partial charge in [-0.25, -0.2) is 0 Å². The van der Waals surface area contributed by atoms with Crippen molar-refractivity contribution in [2.24, 2.45) is 0 Å². The second-order valence-corrected chi connectivity index (χ2v) is 7.59. The number of carbonyl (C=O) groups excluding carboxylic acids is 2. The van der Waals surface area contributed by atoms with Crippen LogP contribution < -0.4 is 0 Å². The minimum atomic E-state index is -4.00. The van der Waals surface area contributed by atoms with Crippen molar-refractivity contribution >= 4 is 32.6 Å². The highest BCUT2D eigenvalue weighted by atomic mass is 32.2. The van der Waals surface area contributed by atoms with Gasteiger partial charge >= 0.3 is 5.97 Å². The van der Waals surface area contributed by atoms with Crippen LogP contribution in [0.15, 0.2) is 77.7 Å². The van der Waals surface area contributed by atoms with Crippen molar-refractivity contribution in [2.45, 2.75) is 24.2 Å². The van der Waals surface area contributed by atoms with Crippen molar-refractivity contribution in [2.75, 3.05) is 7.11 Å². The number of hydrogen-bond acceptors (Lipinski definition) is 5. The van der Waals surface area contributed by atoms with E-state index in [9.17, 15) is 18.0 Å². The van der Waals surface area contributed by atoms with Crippen molar-refractivity contribution in [3.05, 3.63) is 78.4 Å². The van der Waals surface area contributed by atoms with Crippen LogP contribution >= 0.6 is 0 Å². The highest BCUT2D eigenvalue weighted by Crippen LogP contribution is 2.20. The van der Waals surface area contributed by atoms with Gasteiger partial charge in [0.25, 0.3) is 10.1 Å². The lowest BCUT2D eigenvalue weighted by Crippen LogP contribution is -2.04. The van der Waals surface area contributed by atoms with Crippen LogP contribution in [0.3, 0.4) is 0 Å². The third kappa shape index (κ3) is 6.81. The lowest BCUT2D eigenvalue weighted by atomic mass is 9.99. The molecule has 0 aliphatic heterocycles. The third-order valence-corrected chi connectivity index (χ3v) is 5.01. The average molecular weight is 414 g/mol. The first-order valence-corrected chi connectivity index (χ1v) is 10.4. The Bertz CT molecular complexity index is 1070. The summed E-state index contributed by atoms with van der Waals surface area (Å²) in [6.45, 7) is 0. The van der Waals surface area contributed by atoms with Crippen molar-refractivity contribution in [1.82, 2.24) is 0 Å². The lowest BCUT2D eigenvalue weighted by Gasteiger charge is -2.05. The minimum absolute atomic E-state index is 0.0701. The van der Waals surface area contributed by atoms with E-state index in [0.29, 0.717) is 12.8 Å². The maximum Gasteiger partial charge on any atom is 0.305 e. The Morgan fingerprint density at radius 2 is 1.48 bits per heavy atom. The van der Waals surface area contributed by atoms with Gasteiger partial charge in [0.05, 0.1) is 12.0 Å². The molecule has 152 valence electrons. The molecule has 0 radical (unpaired) electrons. The van der Waals surface area contributed by atoms with Crippen LogP contribution in [-0.2, 0) is 19.6 Å². The van der Waals surface area contributed by atoms with E-state index in [1.807, 2.05) is 42.5 Å². The van der Waals surface area contributed by atoms with Crippen LogP contribution in [0, 0.1) is 0 Å². The fourth-order valence-electron chi connectivity index (χ4n) is 2.69. The molecule has 0 heterocycles. The standard InChI is InChI=1S/C16H16O3.C6H6O3S/c1-19-16(18)11-5-10-15(17)14-9-4-7-12-6-2-3-8-13(12)14;7-10(8,9)6-4-2-1-3-5-6/h2-4,6-9H,5,10-11H2,1H3;1-5H,(H,7,8,9). The maximum atomic E-state index is 12.2. The molecular weight excluding hydrogens is 392 g/mol. The predicted molar refractivity (Wildman–Crippen MR) is 110 cm³/mol. The van der Waals surface area contributed by atoms with Gasteiger partial charge in [-0.2, -0.15) is 8.42 Å². The predicted octanol–water partition coefficient (Wildman–Crippen LogP) is 4.30. The summed E-state index contributed by atoms with van der Waals surface area (Å²) in [4.78, 5) is 23.1. The summed E-state index contributed by atoms with van der Waals surface area (Å²) >= 11 is 0. The Labute approximate surface area is 169 Å². The summed E-state index contributed by atoms with van der Waals surface area (Å²) in [5.41, 5.74) is 0.725. The van der Waals surface area contributed by atoms with Gasteiger partial charge < -0.3 is 4.74 Å². The Morgan fingerprint density at radius 3 is 2.10 bits per heavy atom. The molecule has 0 atom stereocenters. The number of esters is 1. The van der Waals surface area contributed by atoms with Gasteiger partial charge in [-0.3, -0.25) is 14.1 Å². The molecule has 0 fully saturated rings. The Hall–Kier alpha value is -3.03. The lowest BCUT2D eigenvalue weighted by molar-refractivity contribution is -0.140. The first-order valence-electron chi connectivity index (χ1n) is 8.93. The van der Waals surface area contributed by atoms with E-state index in [4.69, 9.17) is 4.55 Å². The number of ketones is 1. The smallest absolute Gasteiger partial charge is 0.305 e. The first kappa shape index (κ1) is 22.3. The van der Waals surface area contributed by atoms with Gasteiger partial charge in [0, 0.05) is 18.4 Å². The molecule has 0 saturated heterocycles. The number of rotatable bonds is 6. The van der Waals surface area contributed by atoms with E-state index in [2.05, 4.69) is 4.74 Å². The maximum absolute atomic E-state index is 12.2. The number of benzene rings is 3. The Morgan fingerprint density at radius 1 is 0.862 bits per heavy atom. The van der Waals surface area contributed by atoms with E-state index in [-0.39, 0.29) is 23.1 Å². The summed E-state index contributed by atoms with van der Waals surface area (Å²) in [7, 11) is -2.65. The largest absolute Gasteiger partial charge is 0.469 e. The van der Waals surface area contributed by atoms with E-state index in [0.717, 1.165) is 16.3 Å². The van der Waals surface area contributed by atoms with Crippen molar-refractivity contribution in [3.63, 3.8) is 0 Å². The second-order valence-electron chi connectivity index (χ2n) is 6.17. The summed E-state index contributed by atoms with van der Waals surface area (Å²) < 4.78 is 33.8. The highest BCUT2D eigenvalue weighted by Gasteiger charge is 2.10. The van der Waals surface area contributed by atoms with Crippen LogP contribution in [0.1, 0.15) is 29.6 Å². The van der Waals surface area contributed by atoms with Crippen molar-refractivity contribution in [1.29, 1.82) is 0 Å². The van der Waals surface area contributed by atoms with E-state index in [1.54, 1.807) is 18.2 Å². The summed E-state index contributed by atoms with van der Waals surface area (Å²) in [5, 5.41) is 2.02. The van der Waals surface area contributed by atoms with Crippen LogP contribution in [-0.4, -0.2) is 31.8 Å². The van der Waals surface area contributed by atoms with Gasteiger partial charge in [0.2, 0.25) is 0 Å².